The van der Waals surface area contributed by atoms with Gasteiger partial charge in [-0.05, 0) is 24.5 Å². The Bertz CT molecular complexity index is 486. The maximum atomic E-state index is 10.1. The van der Waals surface area contributed by atoms with Gasteiger partial charge in [0.15, 0.2) is 0 Å². The molecule has 1 atom stereocenters. The lowest BCUT2D eigenvalue weighted by atomic mass is 10.1. The third-order valence-electron chi connectivity index (χ3n) is 2.22. The van der Waals surface area contributed by atoms with Crippen LogP contribution in [-0.4, -0.2) is 26.8 Å². The minimum atomic E-state index is -0.748. The number of ether oxygens (including phenoxy) is 1. The van der Waals surface area contributed by atoms with E-state index >= 15 is 0 Å². The lowest BCUT2D eigenvalue weighted by Crippen LogP contribution is -2.00. The highest BCUT2D eigenvalue weighted by Gasteiger charge is 2.17. The van der Waals surface area contributed by atoms with Crippen LogP contribution >= 0.6 is 11.5 Å². The molecule has 0 fully saturated rings. The van der Waals surface area contributed by atoms with Crippen molar-refractivity contribution in [2.45, 2.75) is 13.0 Å². The van der Waals surface area contributed by atoms with Crippen molar-refractivity contribution in [1.29, 1.82) is 0 Å². The van der Waals surface area contributed by atoms with E-state index in [1.807, 2.05) is 6.92 Å². The Morgan fingerprint density at radius 3 is 2.88 bits per heavy atom. The highest BCUT2D eigenvalue weighted by atomic mass is 32.1. The Kier molecular flexibility index (Phi) is 3.12. The molecule has 0 aliphatic heterocycles. The number of aliphatic hydroxyl groups is 1. The van der Waals surface area contributed by atoms with Gasteiger partial charge in [0.1, 0.15) is 11.9 Å². The molecule has 0 aromatic carbocycles. The fourth-order valence-electron chi connectivity index (χ4n) is 1.34. The molecule has 1 unspecified atom stereocenters. The Hall–Kier alpha value is -1.53. The number of nitrogens with zero attached hydrogens (tertiary/aromatic N) is 3. The first-order chi connectivity index (χ1) is 7.72. The third kappa shape index (κ3) is 2.02. The molecule has 5 nitrogen and oxygen atoms in total. The molecular weight excluding hydrogens is 226 g/mol. The lowest BCUT2D eigenvalue weighted by Gasteiger charge is -2.09. The summed E-state index contributed by atoms with van der Waals surface area (Å²) < 4.78 is 8.84. The second-order valence-electron chi connectivity index (χ2n) is 3.28. The number of aryl methyl sites for hydroxylation is 1. The van der Waals surface area contributed by atoms with Crippen LogP contribution in [0.2, 0.25) is 0 Å². The molecule has 2 heterocycles. The lowest BCUT2D eigenvalue weighted by molar-refractivity contribution is 0.222. The van der Waals surface area contributed by atoms with E-state index < -0.39 is 6.10 Å². The molecule has 2 aromatic rings. The molecule has 84 valence electrons. The molecule has 1 N–H and O–H groups in total. The fraction of sp³-hybridized carbons (Fsp3) is 0.300. The second-order valence-corrected chi connectivity index (χ2v) is 4.07. The molecule has 2 aromatic heterocycles. The molecule has 0 bridgehead atoms. The minimum absolute atomic E-state index is 0.617. The monoisotopic (exact) mass is 237 g/mol. The van der Waals surface area contributed by atoms with Crippen molar-refractivity contribution >= 4 is 11.5 Å². The SMILES string of the molecule is COc1cncc(C(O)c2snnc2C)c1. The van der Waals surface area contributed by atoms with Crippen LogP contribution in [0.4, 0.5) is 0 Å². The summed E-state index contributed by atoms with van der Waals surface area (Å²) in [6.07, 6.45) is 2.45. The molecule has 16 heavy (non-hydrogen) atoms. The zero-order valence-electron chi connectivity index (χ0n) is 8.91. The number of aliphatic hydroxyl groups excluding tert-OH is 1. The molecule has 0 aliphatic rings. The quantitative estimate of drug-likeness (QED) is 0.872. The van der Waals surface area contributed by atoms with E-state index in [-0.39, 0.29) is 0 Å². The summed E-state index contributed by atoms with van der Waals surface area (Å²) in [5, 5.41) is 14.0. The van der Waals surface area contributed by atoms with Gasteiger partial charge in [-0.1, -0.05) is 4.49 Å². The predicted octanol–water partition coefficient (Wildman–Crippen LogP) is 1.33. The molecule has 0 aliphatic carbocycles. The third-order valence-corrected chi connectivity index (χ3v) is 3.10. The van der Waals surface area contributed by atoms with Crippen molar-refractivity contribution in [2.75, 3.05) is 7.11 Å². The van der Waals surface area contributed by atoms with Gasteiger partial charge in [-0.2, -0.15) is 0 Å². The summed E-state index contributed by atoms with van der Waals surface area (Å²) in [5.74, 6) is 0.617. The second kappa shape index (κ2) is 4.54. The van der Waals surface area contributed by atoms with Crippen LogP contribution in [0.3, 0.4) is 0 Å². The Morgan fingerprint density at radius 1 is 1.44 bits per heavy atom. The van der Waals surface area contributed by atoms with Gasteiger partial charge < -0.3 is 9.84 Å². The number of hydrogen-bond donors (Lipinski definition) is 1. The Balaban J connectivity index is 2.33. The fourth-order valence-corrected chi connectivity index (χ4v) is 2.00. The first kappa shape index (κ1) is 11.0. The van der Waals surface area contributed by atoms with Crippen LogP contribution in [0, 0.1) is 6.92 Å². The van der Waals surface area contributed by atoms with Gasteiger partial charge in [0.25, 0.3) is 0 Å². The van der Waals surface area contributed by atoms with Crippen molar-refractivity contribution in [1.82, 2.24) is 14.6 Å². The Labute approximate surface area is 96.9 Å². The minimum Gasteiger partial charge on any atom is -0.495 e. The highest BCUT2D eigenvalue weighted by molar-refractivity contribution is 7.05. The van der Waals surface area contributed by atoms with E-state index in [1.165, 1.54) is 11.5 Å². The Morgan fingerprint density at radius 2 is 2.25 bits per heavy atom. The van der Waals surface area contributed by atoms with Crippen molar-refractivity contribution in [3.8, 4) is 5.75 Å². The summed E-state index contributed by atoms with van der Waals surface area (Å²) in [6.45, 7) is 1.82. The summed E-state index contributed by atoms with van der Waals surface area (Å²) >= 11 is 1.19. The van der Waals surface area contributed by atoms with E-state index in [1.54, 1.807) is 25.6 Å². The van der Waals surface area contributed by atoms with Crippen molar-refractivity contribution in [3.05, 3.63) is 34.6 Å². The number of hydrogen-bond acceptors (Lipinski definition) is 6. The number of methoxy groups -OCH3 is 1. The van der Waals surface area contributed by atoms with Crippen LogP contribution in [-0.2, 0) is 0 Å². The van der Waals surface area contributed by atoms with E-state index in [9.17, 15) is 5.11 Å². The smallest absolute Gasteiger partial charge is 0.137 e. The first-order valence-electron chi connectivity index (χ1n) is 4.68. The number of aromatic nitrogens is 3. The maximum Gasteiger partial charge on any atom is 0.137 e. The van der Waals surface area contributed by atoms with Crippen LogP contribution in [0.25, 0.3) is 0 Å². The zero-order valence-corrected chi connectivity index (χ0v) is 9.73. The van der Waals surface area contributed by atoms with Gasteiger partial charge in [-0.25, -0.2) is 0 Å². The predicted molar refractivity (Wildman–Crippen MR) is 59.5 cm³/mol. The largest absolute Gasteiger partial charge is 0.495 e. The van der Waals surface area contributed by atoms with Crippen molar-refractivity contribution in [3.63, 3.8) is 0 Å². The van der Waals surface area contributed by atoms with Gasteiger partial charge in [0.2, 0.25) is 0 Å². The molecule has 0 spiro atoms. The van der Waals surface area contributed by atoms with Gasteiger partial charge >= 0.3 is 0 Å². The van der Waals surface area contributed by atoms with Gasteiger partial charge in [-0.15, -0.1) is 5.10 Å². The van der Waals surface area contributed by atoms with Crippen molar-refractivity contribution in [2.24, 2.45) is 0 Å². The van der Waals surface area contributed by atoms with Crippen LogP contribution < -0.4 is 4.74 Å². The highest BCUT2D eigenvalue weighted by Crippen LogP contribution is 2.27. The summed E-state index contributed by atoms with van der Waals surface area (Å²) in [4.78, 5) is 4.73. The van der Waals surface area contributed by atoms with E-state index in [2.05, 4.69) is 14.6 Å². The first-order valence-corrected chi connectivity index (χ1v) is 5.45. The average molecular weight is 237 g/mol. The summed E-state index contributed by atoms with van der Waals surface area (Å²) in [5.41, 5.74) is 1.41. The zero-order chi connectivity index (χ0) is 11.5. The summed E-state index contributed by atoms with van der Waals surface area (Å²) in [7, 11) is 1.56. The van der Waals surface area contributed by atoms with Crippen molar-refractivity contribution < 1.29 is 9.84 Å². The molecule has 0 radical (unpaired) electrons. The van der Waals surface area contributed by atoms with E-state index in [0.717, 1.165) is 10.6 Å². The van der Waals surface area contributed by atoms with Crippen LogP contribution in [0.15, 0.2) is 18.5 Å². The van der Waals surface area contributed by atoms with Gasteiger partial charge in [-0.3, -0.25) is 4.98 Å². The topological polar surface area (TPSA) is 68.1 Å². The summed E-state index contributed by atoms with van der Waals surface area (Å²) in [6, 6.07) is 1.75. The molecule has 6 heteroatoms. The van der Waals surface area contributed by atoms with E-state index in [0.29, 0.717) is 11.3 Å². The van der Waals surface area contributed by atoms with Gasteiger partial charge in [0.05, 0.1) is 23.9 Å². The van der Waals surface area contributed by atoms with Crippen LogP contribution in [0.1, 0.15) is 22.2 Å². The molecule has 0 saturated heterocycles. The molecule has 2 rings (SSSR count). The maximum absolute atomic E-state index is 10.1. The number of pyridine rings is 1. The van der Waals surface area contributed by atoms with Crippen LogP contribution in [0.5, 0.6) is 5.75 Å². The normalized spacial score (nSPS) is 12.4. The molecule has 0 amide bonds. The molecular formula is C10H11N3O2S. The molecule has 0 saturated carbocycles. The van der Waals surface area contributed by atoms with Gasteiger partial charge in [0, 0.05) is 11.8 Å². The standard InChI is InChI=1S/C10H11N3O2S/c1-6-10(16-13-12-6)9(14)7-3-8(15-2)5-11-4-7/h3-5,9,14H,1-2H3. The number of rotatable bonds is 3. The van der Waals surface area contributed by atoms with E-state index in [4.69, 9.17) is 4.74 Å². The average Bonchev–Trinajstić information content (AvgIpc) is 2.74.